The zero-order valence-electron chi connectivity index (χ0n) is 23.4. The average Bonchev–Trinajstić information content (AvgIpc) is 3.49. The maximum Gasteiger partial charge on any atom is 0.304 e. The highest BCUT2D eigenvalue weighted by Crippen LogP contribution is 2.41. The number of halogens is 2. The van der Waals surface area contributed by atoms with Crippen molar-refractivity contribution in [3.05, 3.63) is 52.0 Å². The molecule has 0 radical (unpaired) electrons. The van der Waals surface area contributed by atoms with Crippen molar-refractivity contribution in [2.45, 2.75) is 39.2 Å². The summed E-state index contributed by atoms with van der Waals surface area (Å²) in [4.78, 5) is 31.8. The average molecular weight is 592 g/mol. The van der Waals surface area contributed by atoms with Gasteiger partial charge in [-0.2, -0.15) is 0 Å². The van der Waals surface area contributed by atoms with Crippen LogP contribution in [0.2, 0.25) is 0 Å². The van der Waals surface area contributed by atoms with Crippen molar-refractivity contribution in [3.8, 4) is 11.5 Å². The van der Waals surface area contributed by atoms with Crippen molar-refractivity contribution in [2.75, 3.05) is 47.1 Å². The lowest BCUT2D eigenvalue weighted by Gasteiger charge is -2.25. The summed E-state index contributed by atoms with van der Waals surface area (Å²) in [6, 6.07) is 5.73. The number of methoxy groups -OCH3 is 1. The van der Waals surface area contributed by atoms with E-state index in [1.807, 2.05) is 20.0 Å². The largest absolute Gasteiger partial charge is 0.493 e. The van der Waals surface area contributed by atoms with Crippen molar-refractivity contribution in [2.24, 2.45) is 5.41 Å². The Morgan fingerprint density at radius 3 is 2.44 bits per heavy atom. The van der Waals surface area contributed by atoms with E-state index in [9.17, 15) is 23.5 Å². The summed E-state index contributed by atoms with van der Waals surface area (Å²) in [6.45, 7) is 5.65. The molecule has 1 heterocycles. The van der Waals surface area contributed by atoms with Gasteiger partial charge in [0, 0.05) is 31.8 Å². The normalized spacial score (nSPS) is 13.9. The quantitative estimate of drug-likeness (QED) is 0.253. The van der Waals surface area contributed by atoms with Gasteiger partial charge in [-0.3, -0.25) is 9.59 Å². The molecule has 1 aliphatic carbocycles. The lowest BCUT2D eigenvalue weighted by Crippen LogP contribution is -2.43. The number of hydrogen-bond donors (Lipinski definition) is 2. The fourth-order valence-electron chi connectivity index (χ4n) is 5.07. The molecule has 0 saturated heterocycles. The maximum atomic E-state index is 13.8. The molecule has 2 N–H and O–H groups in total. The van der Waals surface area contributed by atoms with Gasteiger partial charge in [0.15, 0.2) is 23.1 Å². The van der Waals surface area contributed by atoms with Gasteiger partial charge < -0.3 is 29.5 Å². The molecule has 0 saturated carbocycles. The van der Waals surface area contributed by atoms with E-state index in [1.54, 1.807) is 13.2 Å². The number of aromatic nitrogens is 1. The van der Waals surface area contributed by atoms with Crippen LogP contribution in [0.15, 0.2) is 24.3 Å². The standard InChI is InChI=1S/C29H35F2N3O6S/c1-4-39-9-7-34(2)6-5-8-40-24-12-22-25(13-23(24)38-3)41-26(33-22)17-32-28(37)29(16-27(35)36)14-18-10-20(30)21(31)11-19(18)15-29/h10-13H,4-9,14-17H2,1-3H3,(H,32,37)(H,35,36). The monoisotopic (exact) mass is 591 g/mol. The minimum atomic E-state index is -1.34. The Bertz CT molecular complexity index is 1370. The Balaban J connectivity index is 1.39. The number of likely N-dealkylation sites (N-methyl/N-ethyl adjacent to an activating group) is 1. The van der Waals surface area contributed by atoms with Crippen LogP contribution in [0.1, 0.15) is 35.9 Å². The SMILES string of the molecule is CCOCCN(C)CCCOc1cc2nc(CNC(=O)C3(CC(=O)O)Cc4cc(F)c(F)cc4C3)sc2cc1OC. The van der Waals surface area contributed by atoms with E-state index in [0.717, 1.165) is 36.3 Å². The minimum Gasteiger partial charge on any atom is -0.493 e. The number of rotatable bonds is 15. The number of amides is 1. The van der Waals surface area contributed by atoms with Crippen LogP contribution >= 0.6 is 11.3 Å². The zero-order valence-corrected chi connectivity index (χ0v) is 24.2. The molecule has 0 fully saturated rings. The highest BCUT2D eigenvalue weighted by Gasteiger charge is 2.46. The summed E-state index contributed by atoms with van der Waals surface area (Å²) < 4.78 is 45.3. The molecule has 0 bridgehead atoms. The third kappa shape index (κ3) is 7.49. The van der Waals surface area contributed by atoms with Crippen LogP contribution in [0.4, 0.5) is 8.78 Å². The van der Waals surface area contributed by atoms with Crippen molar-refractivity contribution >= 4 is 33.4 Å². The lowest BCUT2D eigenvalue weighted by molar-refractivity contribution is -0.145. The first kappa shape index (κ1) is 30.6. The lowest BCUT2D eigenvalue weighted by atomic mass is 9.80. The Hall–Kier alpha value is -3.35. The van der Waals surface area contributed by atoms with Gasteiger partial charge in [-0.25, -0.2) is 13.8 Å². The number of carbonyl (C=O) groups is 2. The number of nitrogens with zero attached hydrogens (tertiary/aromatic N) is 2. The molecular weight excluding hydrogens is 556 g/mol. The molecule has 1 amide bonds. The predicted molar refractivity (Wildman–Crippen MR) is 151 cm³/mol. The molecule has 0 unspecified atom stereocenters. The number of hydrogen-bond acceptors (Lipinski definition) is 8. The molecule has 0 aliphatic heterocycles. The molecule has 1 aliphatic rings. The summed E-state index contributed by atoms with van der Waals surface area (Å²) in [5.41, 5.74) is 0.226. The van der Waals surface area contributed by atoms with Crippen molar-refractivity contribution in [1.29, 1.82) is 0 Å². The first-order valence-corrected chi connectivity index (χ1v) is 14.3. The fourth-order valence-corrected chi connectivity index (χ4v) is 5.99. The second kappa shape index (κ2) is 13.5. The predicted octanol–water partition coefficient (Wildman–Crippen LogP) is 4.20. The van der Waals surface area contributed by atoms with Crippen LogP contribution in [-0.2, 0) is 33.7 Å². The number of fused-ring (bicyclic) bond motifs is 2. The fraction of sp³-hybridized carbons (Fsp3) is 0.483. The smallest absolute Gasteiger partial charge is 0.304 e. The number of carboxylic acid groups (broad SMARTS) is 1. The molecule has 4 rings (SSSR count). The van der Waals surface area contributed by atoms with Gasteiger partial charge in [0.25, 0.3) is 0 Å². The Labute approximate surface area is 241 Å². The van der Waals surface area contributed by atoms with Gasteiger partial charge in [0.2, 0.25) is 5.91 Å². The van der Waals surface area contributed by atoms with Gasteiger partial charge in [-0.15, -0.1) is 11.3 Å². The number of carbonyl (C=O) groups excluding carboxylic acids is 1. The molecule has 3 aromatic rings. The Kier molecular flexibility index (Phi) is 10.1. The van der Waals surface area contributed by atoms with Crippen LogP contribution in [0.5, 0.6) is 11.5 Å². The third-order valence-corrected chi connectivity index (χ3v) is 8.17. The number of benzene rings is 2. The topological polar surface area (TPSA) is 110 Å². The molecule has 2 aromatic carbocycles. The molecule has 222 valence electrons. The summed E-state index contributed by atoms with van der Waals surface area (Å²) in [5.74, 6) is -2.55. The van der Waals surface area contributed by atoms with Crippen LogP contribution in [-0.4, -0.2) is 73.9 Å². The first-order valence-electron chi connectivity index (χ1n) is 13.5. The third-order valence-electron chi connectivity index (χ3n) is 7.15. The van der Waals surface area contributed by atoms with Gasteiger partial charge >= 0.3 is 5.97 Å². The highest BCUT2D eigenvalue weighted by atomic mass is 32.1. The molecular formula is C29H35F2N3O6S. The van der Waals surface area contributed by atoms with E-state index < -0.39 is 35.3 Å². The minimum absolute atomic E-state index is 0.0116. The zero-order chi connectivity index (χ0) is 29.6. The van der Waals surface area contributed by atoms with Crippen molar-refractivity contribution < 1.29 is 37.7 Å². The number of thiazole rings is 1. The number of ether oxygens (including phenoxy) is 3. The summed E-state index contributed by atoms with van der Waals surface area (Å²) >= 11 is 1.37. The van der Waals surface area contributed by atoms with Gasteiger partial charge in [-0.05, 0) is 56.5 Å². The summed E-state index contributed by atoms with van der Waals surface area (Å²) in [5, 5.41) is 12.9. The second-order valence-corrected chi connectivity index (χ2v) is 11.3. The van der Waals surface area contributed by atoms with Crippen molar-refractivity contribution in [1.82, 2.24) is 15.2 Å². The van der Waals surface area contributed by atoms with E-state index in [-0.39, 0.29) is 19.4 Å². The first-order chi connectivity index (χ1) is 19.6. The Morgan fingerprint density at radius 2 is 1.80 bits per heavy atom. The van der Waals surface area contributed by atoms with Gasteiger partial charge in [0.1, 0.15) is 5.01 Å². The molecule has 41 heavy (non-hydrogen) atoms. The molecule has 1 aromatic heterocycles. The number of aliphatic carboxylic acids is 1. The van der Waals surface area contributed by atoms with Crippen LogP contribution < -0.4 is 14.8 Å². The summed E-state index contributed by atoms with van der Waals surface area (Å²) in [6.07, 6.45) is 0.381. The van der Waals surface area contributed by atoms with Crippen LogP contribution in [0, 0.1) is 17.0 Å². The second-order valence-electron chi connectivity index (χ2n) is 10.2. The van der Waals surface area contributed by atoms with Crippen LogP contribution in [0.25, 0.3) is 10.2 Å². The molecule has 12 heteroatoms. The van der Waals surface area contributed by atoms with E-state index >= 15 is 0 Å². The van der Waals surface area contributed by atoms with E-state index in [1.165, 1.54) is 11.3 Å². The van der Waals surface area contributed by atoms with Crippen LogP contribution in [0.3, 0.4) is 0 Å². The van der Waals surface area contributed by atoms with E-state index in [2.05, 4.69) is 15.2 Å². The van der Waals surface area contributed by atoms with E-state index in [0.29, 0.717) is 53.0 Å². The summed E-state index contributed by atoms with van der Waals surface area (Å²) in [7, 11) is 3.60. The number of carboxylic acids is 1. The van der Waals surface area contributed by atoms with Crippen molar-refractivity contribution in [3.63, 3.8) is 0 Å². The van der Waals surface area contributed by atoms with Gasteiger partial charge in [0.05, 0.1) is 48.9 Å². The molecule has 0 spiro atoms. The highest BCUT2D eigenvalue weighted by molar-refractivity contribution is 7.18. The number of nitrogens with one attached hydrogen (secondary N) is 1. The maximum absolute atomic E-state index is 13.8. The molecule has 9 nitrogen and oxygen atoms in total. The Morgan fingerprint density at radius 1 is 1.10 bits per heavy atom. The molecule has 0 atom stereocenters. The van der Waals surface area contributed by atoms with Gasteiger partial charge in [-0.1, -0.05) is 0 Å². The van der Waals surface area contributed by atoms with E-state index in [4.69, 9.17) is 14.2 Å².